The van der Waals surface area contributed by atoms with Crippen LogP contribution in [-0.4, -0.2) is 38.5 Å². The van der Waals surface area contributed by atoms with E-state index in [0.29, 0.717) is 11.1 Å². The van der Waals surface area contributed by atoms with Crippen LogP contribution in [0.4, 0.5) is 0 Å². The zero-order valence-corrected chi connectivity index (χ0v) is 20.5. The first-order valence-electron chi connectivity index (χ1n) is 11.5. The molecule has 186 valence electrons. The van der Waals surface area contributed by atoms with Crippen molar-refractivity contribution < 1.29 is 34.5 Å². The van der Waals surface area contributed by atoms with Gasteiger partial charge in [0, 0.05) is 27.8 Å². The molecule has 0 aromatic heterocycles. The number of hydrogen-bond donors (Lipinski definition) is 3. The topological polar surface area (TPSA) is 129 Å². The van der Waals surface area contributed by atoms with Gasteiger partial charge in [-0.15, -0.1) is 0 Å². The molecule has 3 aromatic carbocycles. The molecule has 2 aliphatic rings. The smallest absolute Gasteiger partial charge is 0.234 e. The number of fused-ring (bicyclic) bond motifs is 3. The summed E-state index contributed by atoms with van der Waals surface area (Å²) in [5.41, 5.74) is 2.90. The molecule has 7 nitrogen and oxygen atoms in total. The number of allylic oxidation sites excluding steroid dienone is 3. The monoisotopic (exact) mass is 496 g/mol. The highest BCUT2D eigenvalue weighted by Gasteiger charge is 2.34. The second-order valence-electron chi connectivity index (χ2n) is 9.08. The highest BCUT2D eigenvalue weighted by molar-refractivity contribution is 6.52. The van der Waals surface area contributed by atoms with Crippen LogP contribution in [0.2, 0.25) is 0 Å². The van der Waals surface area contributed by atoms with E-state index in [1.54, 1.807) is 37.3 Å². The molecule has 0 saturated heterocycles. The molecule has 0 aliphatic heterocycles. The summed E-state index contributed by atoms with van der Waals surface area (Å²) >= 11 is 0. The first-order valence-corrected chi connectivity index (χ1v) is 11.5. The normalized spacial score (nSPS) is 13.8. The first kappa shape index (κ1) is 25.3. The number of hydrogen-bond acceptors (Lipinski definition) is 7. The van der Waals surface area contributed by atoms with Crippen molar-refractivity contribution in [2.24, 2.45) is 0 Å². The lowest BCUT2D eigenvalue weighted by atomic mass is 9.82. The van der Waals surface area contributed by atoms with Crippen LogP contribution >= 0.6 is 0 Å². The van der Waals surface area contributed by atoms with Gasteiger partial charge in [-0.2, -0.15) is 0 Å². The lowest BCUT2D eigenvalue weighted by Gasteiger charge is -2.19. The quantitative estimate of drug-likeness (QED) is 0.255. The third kappa shape index (κ3) is 4.47. The third-order valence-electron chi connectivity index (χ3n) is 6.16. The minimum atomic E-state index is -0.608. The molecule has 0 heterocycles. The van der Waals surface area contributed by atoms with Gasteiger partial charge in [0.1, 0.15) is 17.3 Å². The van der Waals surface area contributed by atoms with E-state index in [2.05, 4.69) is 0 Å². The van der Waals surface area contributed by atoms with Gasteiger partial charge in [0.05, 0.1) is 11.1 Å². The van der Waals surface area contributed by atoms with Crippen LogP contribution in [0.25, 0.3) is 5.76 Å². The van der Waals surface area contributed by atoms with E-state index < -0.39 is 17.3 Å². The molecular weight excluding hydrogens is 472 g/mol. The molecule has 7 heteroatoms. The molecule has 0 amide bonds. The molecule has 37 heavy (non-hydrogen) atoms. The summed E-state index contributed by atoms with van der Waals surface area (Å²) in [4.78, 5) is 48.5. The third-order valence-corrected chi connectivity index (χ3v) is 6.16. The highest BCUT2D eigenvalue weighted by Crippen LogP contribution is 2.37. The van der Waals surface area contributed by atoms with Crippen molar-refractivity contribution in [1.29, 1.82) is 0 Å². The summed E-state index contributed by atoms with van der Waals surface area (Å²) in [6.45, 7) is 5.54. The predicted octanol–water partition coefficient (Wildman–Crippen LogP) is 5.26. The SMILES string of the molecule is CC(C)=CCC1=C(O)c2ccccc2C(=O)C1=O.Cc1cc(O)c2c(c1)C(=O)c1cccc(O)c1C2=O. The van der Waals surface area contributed by atoms with Crippen LogP contribution in [0.15, 0.2) is 71.8 Å². The van der Waals surface area contributed by atoms with Gasteiger partial charge in [-0.1, -0.05) is 48.0 Å². The number of phenols is 2. The van der Waals surface area contributed by atoms with E-state index in [4.69, 9.17) is 0 Å². The molecule has 0 spiro atoms. The maximum atomic E-state index is 12.3. The summed E-state index contributed by atoms with van der Waals surface area (Å²) in [5, 5.41) is 29.7. The van der Waals surface area contributed by atoms with E-state index in [1.807, 2.05) is 19.9 Å². The summed E-state index contributed by atoms with van der Waals surface area (Å²) in [6, 6.07) is 14.0. The van der Waals surface area contributed by atoms with Crippen LogP contribution < -0.4 is 0 Å². The molecule has 5 rings (SSSR count). The fraction of sp³-hybridized carbons (Fsp3) is 0.133. The Hall–Kier alpha value is -4.78. The number of aliphatic hydroxyl groups excluding tert-OH is 1. The summed E-state index contributed by atoms with van der Waals surface area (Å²) in [5.74, 6) is -2.60. The second-order valence-corrected chi connectivity index (χ2v) is 9.08. The van der Waals surface area contributed by atoms with Crippen LogP contribution in [0.3, 0.4) is 0 Å². The largest absolute Gasteiger partial charge is 0.507 e. The fourth-order valence-electron chi connectivity index (χ4n) is 4.34. The average Bonchev–Trinajstić information content (AvgIpc) is 2.85. The van der Waals surface area contributed by atoms with Gasteiger partial charge in [-0.05, 0) is 51.0 Å². The minimum absolute atomic E-state index is 0.0374. The number of carbonyl (C=O) groups is 4. The molecule has 2 aliphatic carbocycles. The molecule has 0 unspecified atom stereocenters. The number of aryl methyl sites for hydroxylation is 1. The van der Waals surface area contributed by atoms with Crippen molar-refractivity contribution in [3.63, 3.8) is 0 Å². The summed E-state index contributed by atoms with van der Waals surface area (Å²) < 4.78 is 0. The number of phenolic OH excluding ortho intramolecular Hbond substituents is 2. The zero-order chi connectivity index (χ0) is 27.0. The van der Waals surface area contributed by atoms with Crippen molar-refractivity contribution >= 4 is 28.9 Å². The van der Waals surface area contributed by atoms with Gasteiger partial charge in [0.2, 0.25) is 17.3 Å². The Labute approximate surface area is 213 Å². The molecule has 0 radical (unpaired) electrons. The van der Waals surface area contributed by atoms with Crippen molar-refractivity contribution in [1.82, 2.24) is 0 Å². The van der Waals surface area contributed by atoms with Crippen molar-refractivity contribution in [2.45, 2.75) is 27.2 Å². The van der Waals surface area contributed by atoms with Gasteiger partial charge in [0.25, 0.3) is 0 Å². The molecule has 0 fully saturated rings. The van der Waals surface area contributed by atoms with Crippen molar-refractivity contribution in [3.05, 3.63) is 111 Å². The van der Waals surface area contributed by atoms with E-state index in [1.165, 1.54) is 24.3 Å². The van der Waals surface area contributed by atoms with E-state index >= 15 is 0 Å². The number of benzene rings is 3. The lowest BCUT2D eigenvalue weighted by molar-refractivity contribution is -0.112. The number of aliphatic hydroxyl groups is 1. The Morgan fingerprint density at radius 1 is 0.676 bits per heavy atom. The maximum absolute atomic E-state index is 12.3. The Morgan fingerprint density at radius 2 is 1.30 bits per heavy atom. The number of rotatable bonds is 2. The lowest BCUT2D eigenvalue weighted by Crippen LogP contribution is -2.23. The van der Waals surface area contributed by atoms with Crippen LogP contribution in [-0.2, 0) is 4.79 Å². The van der Waals surface area contributed by atoms with Gasteiger partial charge >= 0.3 is 0 Å². The van der Waals surface area contributed by atoms with Gasteiger partial charge < -0.3 is 15.3 Å². The van der Waals surface area contributed by atoms with Gasteiger partial charge in [-0.3, -0.25) is 19.2 Å². The fourth-order valence-corrected chi connectivity index (χ4v) is 4.34. The molecule has 0 bridgehead atoms. The van der Waals surface area contributed by atoms with Crippen LogP contribution in [0, 0.1) is 6.92 Å². The van der Waals surface area contributed by atoms with Gasteiger partial charge in [-0.25, -0.2) is 0 Å². The highest BCUT2D eigenvalue weighted by atomic mass is 16.3. The van der Waals surface area contributed by atoms with Crippen LogP contribution in [0.1, 0.15) is 73.6 Å². The standard InChI is InChI=1S/C15H10O4.C15H14O3/c1-7-5-9-13(11(17)6-7)15(19)12-8(14(9)18)3-2-4-10(12)16;1-9(2)7-8-12-13(16)10-5-3-4-6-11(10)14(17)15(12)18/h2-6,16-17H,1H3;3-7,16H,8H2,1-2H3. The second kappa shape index (κ2) is 9.70. The Balaban J connectivity index is 0.000000173. The van der Waals surface area contributed by atoms with Crippen LogP contribution in [0.5, 0.6) is 11.5 Å². The Kier molecular flexibility index (Phi) is 6.64. The first-order chi connectivity index (χ1) is 17.5. The van der Waals surface area contributed by atoms with Crippen molar-refractivity contribution in [2.75, 3.05) is 0 Å². The molecule has 3 N–H and O–H groups in total. The Morgan fingerprint density at radius 3 is 1.97 bits per heavy atom. The Bertz CT molecular complexity index is 1570. The number of carbonyl (C=O) groups excluding carboxylic acids is 4. The maximum Gasteiger partial charge on any atom is 0.234 e. The summed E-state index contributed by atoms with van der Waals surface area (Å²) in [7, 11) is 0. The van der Waals surface area contributed by atoms with E-state index in [-0.39, 0.29) is 62.9 Å². The molecule has 3 aromatic rings. The predicted molar refractivity (Wildman–Crippen MR) is 137 cm³/mol. The van der Waals surface area contributed by atoms with Gasteiger partial charge in [0.15, 0.2) is 5.78 Å². The number of aromatic hydroxyl groups is 2. The summed E-state index contributed by atoms with van der Waals surface area (Å²) in [6.07, 6.45) is 2.11. The molecular formula is C30H24O7. The average molecular weight is 497 g/mol. The zero-order valence-electron chi connectivity index (χ0n) is 20.5. The van der Waals surface area contributed by atoms with Crippen molar-refractivity contribution in [3.8, 4) is 11.5 Å². The molecule has 0 saturated carbocycles. The van der Waals surface area contributed by atoms with E-state index in [9.17, 15) is 34.5 Å². The molecule has 0 atom stereocenters. The van der Waals surface area contributed by atoms with E-state index in [0.717, 1.165) is 5.57 Å². The number of ketones is 4. The number of Topliss-reactive ketones (excluding diaryl/α,β-unsaturated/α-hetero) is 2. The minimum Gasteiger partial charge on any atom is -0.507 e.